The van der Waals surface area contributed by atoms with Crippen LogP contribution in [0.25, 0.3) is 0 Å². The largest absolute Gasteiger partial charge is 0.358 e. The predicted molar refractivity (Wildman–Crippen MR) is 63.2 cm³/mol. The highest BCUT2D eigenvalue weighted by Gasteiger charge is 2.12. The van der Waals surface area contributed by atoms with Crippen LogP contribution in [-0.2, 0) is 16.1 Å². The van der Waals surface area contributed by atoms with Crippen molar-refractivity contribution in [3.05, 3.63) is 12.4 Å². The van der Waals surface area contributed by atoms with Gasteiger partial charge in [0.2, 0.25) is 11.8 Å². The number of aromatic nitrogens is 2. The van der Waals surface area contributed by atoms with Gasteiger partial charge >= 0.3 is 0 Å². The number of nitrogens with two attached hydrogens (primary N) is 1. The second kappa shape index (κ2) is 6.00. The molecule has 7 heteroatoms. The lowest BCUT2D eigenvalue weighted by Gasteiger charge is -2.07. The van der Waals surface area contributed by atoms with Crippen LogP contribution >= 0.6 is 0 Å². The Labute approximate surface area is 99.4 Å². The van der Waals surface area contributed by atoms with Crippen LogP contribution in [0.4, 0.5) is 5.69 Å². The van der Waals surface area contributed by atoms with Crippen molar-refractivity contribution in [3.63, 3.8) is 0 Å². The van der Waals surface area contributed by atoms with Crippen molar-refractivity contribution in [2.75, 3.05) is 12.4 Å². The SMILES string of the molecule is CC[C@@H](N)C(=O)Nc1cnn(CC(=O)NC)c1. The van der Waals surface area contributed by atoms with Crippen LogP contribution in [0.2, 0.25) is 0 Å². The Kier molecular flexibility index (Phi) is 4.65. The van der Waals surface area contributed by atoms with E-state index in [1.165, 1.54) is 10.9 Å². The highest BCUT2D eigenvalue weighted by molar-refractivity contribution is 5.94. The van der Waals surface area contributed by atoms with E-state index in [1.54, 1.807) is 13.2 Å². The van der Waals surface area contributed by atoms with Crippen molar-refractivity contribution in [2.24, 2.45) is 5.73 Å². The highest BCUT2D eigenvalue weighted by atomic mass is 16.2. The monoisotopic (exact) mass is 239 g/mol. The summed E-state index contributed by atoms with van der Waals surface area (Å²) in [6.45, 7) is 1.95. The third-order valence-electron chi connectivity index (χ3n) is 2.26. The smallest absolute Gasteiger partial charge is 0.241 e. The van der Waals surface area contributed by atoms with E-state index in [-0.39, 0.29) is 18.4 Å². The molecule has 0 radical (unpaired) electrons. The van der Waals surface area contributed by atoms with Gasteiger partial charge in [-0.2, -0.15) is 5.10 Å². The molecule has 0 fully saturated rings. The molecule has 0 aliphatic heterocycles. The van der Waals surface area contributed by atoms with E-state index in [2.05, 4.69) is 15.7 Å². The molecule has 2 amide bonds. The van der Waals surface area contributed by atoms with Gasteiger partial charge in [-0.25, -0.2) is 0 Å². The molecule has 0 aliphatic rings. The first-order valence-electron chi connectivity index (χ1n) is 5.36. The standard InChI is InChI=1S/C10H17N5O2/c1-3-8(11)10(17)14-7-4-13-15(5-7)6-9(16)12-2/h4-5,8H,3,6,11H2,1-2H3,(H,12,16)(H,14,17)/t8-/m1/s1. The maximum atomic E-state index is 11.5. The normalized spacial score (nSPS) is 11.9. The number of hydrogen-bond donors (Lipinski definition) is 3. The Bertz CT molecular complexity index is 401. The van der Waals surface area contributed by atoms with Crippen molar-refractivity contribution < 1.29 is 9.59 Å². The fourth-order valence-corrected chi connectivity index (χ4v) is 1.16. The van der Waals surface area contributed by atoms with Gasteiger partial charge in [-0.1, -0.05) is 6.92 Å². The number of nitrogens with zero attached hydrogens (tertiary/aromatic N) is 2. The molecular formula is C10H17N5O2. The molecule has 17 heavy (non-hydrogen) atoms. The molecular weight excluding hydrogens is 222 g/mol. The van der Waals surface area contributed by atoms with Crippen LogP contribution in [0, 0.1) is 0 Å². The molecule has 1 rings (SSSR count). The first kappa shape index (κ1) is 13.2. The quantitative estimate of drug-likeness (QED) is 0.632. The summed E-state index contributed by atoms with van der Waals surface area (Å²) >= 11 is 0. The van der Waals surface area contributed by atoms with Crippen molar-refractivity contribution in [3.8, 4) is 0 Å². The lowest BCUT2D eigenvalue weighted by atomic mass is 10.2. The molecule has 1 heterocycles. The highest BCUT2D eigenvalue weighted by Crippen LogP contribution is 2.05. The summed E-state index contributed by atoms with van der Waals surface area (Å²) in [6, 6.07) is -0.530. The number of carbonyl (C=O) groups is 2. The maximum absolute atomic E-state index is 11.5. The molecule has 1 aromatic rings. The number of anilines is 1. The number of rotatable bonds is 5. The van der Waals surface area contributed by atoms with Gasteiger partial charge in [0.25, 0.3) is 0 Å². The molecule has 0 saturated carbocycles. The van der Waals surface area contributed by atoms with Crippen LogP contribution < -0.4 is 16.4 Å². The van der Waals surface area contributed by atoms with Gasteiger partial charge < -0.3 is 16.4 Å². The first-order chi connectivity index (χ1) is 8.06. The molecule has 1 atom stereocenters. The summed E-state index contributed by atoms with van der Waals surface area (Å²) in [6.07, 6.45) is 3.62. The molecule has 0 bridgehead atoms. The molecule has 0 unspecified atom stereocenters. The van der Waals surface area contributed by atoms with E-state index < -0.39 is 6.04 Å². The lowest BCUT2D eigenvalue weighted by molar-refractivity contribution is -0.121. The Hall–Kier alpha value is -1.89. The van der Waals surface area contributed by atoms with E-state index in [0.717, 1.165) is 0 Å². The van der Waals surface area contributed by atoms with Crippen molar-refractivity contribution in [1.29, 1.82) is 0 Å². The molecule has 4 N–H and O–H groups in total. The van der Waals surface area contributed by atoms with E-state index in [0.29, 0.717) is 12.1 Å². The van der Waals surface area contributed by atoms with Gasteiger partial charge in [-0.05, 0) is 6.42 Å². The number of likely N-dealkylation sites (N-methyl/N-ethyl adjacent to an activating group) is 1. The summed E-state index contributed by atoms with van der Waals surface area (Å²) in [7, 11) is 1.55. The summed E-state index contributed by atoms with van der Waals surface area (Å²) in [4.78, 5) is 22.6. The summed E-state index contributed by atoms with van der Waals surface area (Å²) in [5.41, 5.74) is 6.10. The molecule has 0 spiro atoms. The topological polar surface area (TPSA) is 102 Å². The Morgan fingerprint density at radius 2 is 2.29 bits per heavy atom. The maximum Gasteiger partial charge on any atom is 0.241 e. The van der Waals surface area contributed by atoms with Crippen molar-refractivity contribution in [1.82, 2.24) is 15.1 Å². The minimum atomic E-state index is -0.530. The van der Waals surface area contributed by atoms with E-state index >= 15 is 0 Å². The zero-order chi connectivity index (χ0) is 12.8. The van der Waals surface area contributed by atoms with Crippen LogP contribution in [0.1, 0.15) is 13.3 Å². The van der Waals surface area contributed by atoms with Gasteiger partial charge in [0.05, 0.1) is 17.9 Å². The third kappa shape index (κ3) is 3.87. The number of carbonyl (C=O) groups excluding carboxylic acids is 2. The zero-order valence-electron chi connectivity index (χ0n) is 9.93. The second-order valence-electron chi connectivity index (χ2n) is 3.60. The molecule has 0 saturated heterocycles. The minimum Gasteiger partial charge on any atom is -0.358 e. The zero-order valence-corrected chi connectivity index (χ0v) is 9.93. The lowest BCUT2D eigenvalue weighted by Crippen LogP contribution is -2.34. The Balaban J connectivity index is 2.56. The van der Waals surface area contributed by atoms with Gasteiger partial charge in [0.15, 0.2) is 0 Å². The van der Waals surface area contributed by atoms with Crippen LogP contribution in [0.5, 0.6) is 0 Å². The number of nitrogens with one attached hydrogen (secondary N) is 2. The van der Waals surface area contributed by atoms with Crippen LogP contribution in [-0.4, -0.2) is 34.7 Å². The Morgan fingerprint density at radius 3 is 2.88 bits per heavy atom. The fraction of sp³-hybridized carbons (Fsp3) is 0.500. The number of hydrogen-bond acceptors (Lipinski definition) is 4. The molecule has 7 nitrogen and oxygen atoms in total. The van der Waals surface area contributed by atoms with Gasteiger partial charge in [0, 0.05) is 13.2 Å². The van der Waals surface area contributed by atoms with E-state index in [1.807, 2.05) is 6.92 Å². The van der Waals surface area contributed by atoms with Crippen molar-refractivity contribution in [2.45, 2.75) is 25.9 Å². The average molecular weight is 239 g/mol. The minimum absolute atomic E-state index is 0.117. The molecule has 0 aliphatic carbocycles. The third-order valence-corrected chi connectivity index (χ3v) is 2.26. The van der Waals surface area contributed by atoms with Gasteiger partial charge in [-0.3, -0.25) is 14.3 Å². The summed E-state index contributed by atoms with van der Waals surface area (Å²) in [5.74, 6) is -0.414. The molecule has 94 valence electrons. The molecule has 1 aromatic heterocycles. The summed E-state index contributed by atoms with van der Waals surface area (Å²) < 4.78 is 1.44. The van der Waals surface area contributed by atoms with Gasteiger partial charge in [0.1, 0.15) is 6.54 Å². The van der Waals surface area contributed by atoms with Crippen molar-refractivity contribution >= 4 is 17.5 Å². The van der Waals surface area contributed by atoms with Crippen LogP contribution in [0.3, 0.4) is 0 Å². The van der Waals surface area contributed by atoms with E-state index in [4.69, 9.17) is 5.73 Å². The van der Waals surface area contributed by atoms with E-state index in [9.17, 15) is 9.59 Å². The fourth-order valence-electron chi connectivity index (χ4n) is 1.16. The predicted octanol–water partition coefficient (Wildman–Crippen LogP) is -0.695. The van der Waals surface area contributed by atoms with Crippen LogP contribution in [0.15, 0.2) is 12.4 Å². The number of amides is 2. The first-order valence-corrected chi connectivity index (χ1v) is 5.36. The molecule has 0 aromatic carbocycles. The second-order valence-corrected chi connectivity index (χ2v) is 3.60. The Morgan fingerprint density at radius 1 is 1.59 bits per heavy atom. The van der Waals surface area contributed by atoms with Gasteiger partial charge in [-0.15, -0.1) is 0 Å². The average Bonchev–Trinajstić information content (AvgIpc) is 2.75. The summed E-state index contributed by atoms with van der Waals surface area (Å²) in [5, 5.41) is 9.05.